The Morgan fingerprint density at radius 2 is 2.05 bits per heavy atom. The summed E-state index contributed by atoms with van der Waals surface area (Å²) in [5, 5.41) is 0.715. The monoisotopic (exact) mass is 330 g/mol. The van der Waals surface area contributed by atoms with Crippen molar-refractivity contribution in [1.29, 1.82) is 0 Å². The number of rotatable bonds is 9. The van der Waals surface area contributed by atoms with Crippen molar-refractivity contribution < 1.29 is 9.47 Å². The number of nitrogens with zero attached hydrogens (tertiary/aromatic N) is 2. The Morgan fingerprint density at radius 3 is 2.81 bits per heavy atom. The normalized spacial score (nSPS) is 11.4. The first-order valence-corrected chi connectivity index (χ1v) is 7.95. The van der Waals surface area contributed by atoms with Gasteiger partial charge in [0, 0.05) is 20.3 Å². The van der Waals surface area contributed by atoms with E-state index in [-0.39, 0.29) is 0 Å². The van der Waals surface area contributed by atoms with E-state index >= 15 is 0 Å². The van der Waals surface area contributed by atoms with E-state index in [4.69, 9.17) is 32.7 Å². The first-order chi connectivity index (χ1) is 10.3. The zero-order valence-electron chi connectivity index (χ0n) is 12.1. The zero-order valence-corrected chi connectivity index (χ0v) is 13.7. The Morgan fingerprint density at radius 1 is 1.19 bits per heavy atom. The number of alkyl halides is 1. The number of ether oxygens (including phenoxy) is 2. The van der Waals surface area contributed by atoms with Gasteiger partial charge in [0.05, 0.1) is 35.1 Å². The van der Waals surface area contributed by atoms with Crippen LogP contribution in [0, 0.1) is 0 Å². The molecule has 1 aromatic heterocycles. The summed E-state index contributed by atoms with van der Waals surface area (Å²) in [6, 6.07) is 5.75. The van der Waals surface area contributed by atoms with Crippen LogP contribution in [0.5, 0.6) is 0 Å². The van der Waals surface area contributed by atoms with Crippen LogP contribution in [-0.4, -0.2) is 36.5 Å². The molecule has 4 nitrogen and oxygen atoms in total. The maximum absolute atomic E-state index is 6.29. The molecule has 0 N–H and O–H groups in total. The predicted molar refractivity (Wildman–Crippen MR) is 86.2 cm³/mol. The number of fused-ring (bicyclic) bond motifs is 1. The molecule has 2 rings (SSSR count). The summed E-state index contributed by atoms with van der Waals surface area (Å²) in [5.41, 5.74) is 1.87. The Hall–Kier alpha value is -0.810. The lowest BCUT2D eigenvalue weighted by atomic mass is 10.3. The molecule has 0 radical (unpaired) electrons. The molecule has 0 aliphatic rings. The number of hydrogen-bond acceptors (Lipinski definition) is 3. The molecule has 21 heavy (non-hydrogen) atoms. The van der Waals surface area contributed by atoms with Gasteiger partial charge >= 0.3 is 0 Å². The molecule has 0 bridgehead atoms. The number of hydrogen-bond donors (Lipinski definition) is 0. The molecule has 0 saturated heterocycles. The number of imidazole rings is 1. The molecule has 0 atom stereocenters. The topological polar surface area (TPSA) is 36.3 Å². The third-order valence-corrected chi connectivity index (χ3v) is 3.81. The molecule has 0 aliphatic heterocycles. The van der Waals surface area contributed by atoms with Gasteiger partial charge in [0.1, 0.15) is 5.82 Å². The highest BCUT2D eigenvalue weighted by atomic mass is 35.5. The maximum atomic E-state index is 6.29. The number of aromatic nitrogens is 2. The van der Waals surface area contributed by atoms with Gasteiger partial charge in [-0.1, -0.05) is 17.7 Å². The molecule has 0 saturated carbocycles. The summed E-state index contributed by atoms with van der Waals surface area (Å²) in [7, 11) is 1.67. The van der Waals surface area contributed by atoms with E-state index < -0.39 is 0 Å². The van der Waals surface area contributed by atoms with E-state index in [1.54, 1.807) is 7.11 Å². The summed E-state index contributed by atoms with van der Waals surface area (Å²) in [6.07, 6.45) is 1.98. The lowest BCUT2D eigenvalue weighted by Gasteiger charge is -2.09. The van der Waals surface area contributed by atoms with E-state index in [1.165, 1.54) is 0 Å². The number of methoxy groups -OCH3 is 1. The molecule has 2 aromatic rings. The summed E-state index contributed by atoms with van der Waals surface area (Å²) in [5.74, 6) is 1.25. The van der Waals surface area contributed by atoms with Gasteiger partial charge in [-0.3, -0.25) is 0 Å². The first-order valence-electron chi connectivity index (χ1n) is 7.04. The van der Waals surface area contributed by atoms with Crippen LogP contribution < -0.4 is 0 Å². The highest BCUT2D eigenvalue weighted by Gasteiger charge is 2.12. The van der Waals surface area contributed by atoms with Crippen molar-refractivity contribution in [3.8, 4) is 0 Å². The summed E-state index contributed by atoms with van der Waals surface area (Å²) in [4.78, 5) is 4.53. The smallest absolute Gasteiger partial charge is 0.124 e. The van der Waals surface area contributed by atoms with Gasteiger partial charge in [-0.15, -0.1) is 11.6 Å². The van der Waals surface area contributed by atoms with Gasteiger partial charge in [0.25, 0.3) is 0 Å². The zero-order chi connectivity index (χ0) is 15.1. The third-order valence-electron chi connectivity index (χ3n) is 3.27. The SMILES string of the molecule is COCCOCCCCn1c(CCl)nc2cccc(Cl)c21. The fraction of sp³-hybridized carbons (Fsp3) is 0.533. The van der Waals surface area contributed by atoms with Crippen LogP contribution in [0.2, 0.25) is 5.02 Å². The van der Waals surface area contributed by atoms with Crippen molar-refractivity contribution in [2.24, 2.45) is 0 Å². The number of halogens is 2. The summed E-state index contributed by atoms with van der Waals surface area (Å²) >= 11 is 12.3. The molecule has 1 heterocycles. The standard InChI is InChI=1S/C15H20Cl2N2O2/c1-20-9-10-21-8-3-2-7-19-14(11-16)18-13-6-4-5-12(17)15(13)19/h4-6H,2-3,7-11H2,1H3. The Kier molecular flexibility index (Phi) is 6.77. The average Bonchev–Trinajstić information content (AvgIpc) is 2.85. The second-order valence-corrected chi connectivity index (χ2v) is 5.41. The highest BCUT2D eigenvalue weighted by molar-refractivity contribution is 6.35. The van der Waals surface area contributed by atoms with E-state index in [9.17, 15) is 0 Å². The first kappa shape index (κ1) is 16.6. The van der Waals surface area contributed by atoms with Crippen LogP contribution in [0.4, 0.5) is 0 Å². The fourth-order valence-corrected chi connectivity index (χ4v) is 2.73. The maximum Gasteiger partial charge on any atom is 0.124 e. The quantitative estimate of drug-likeness (QED) is 0.517. The van der Waals surface area contributed by atoms with Crippen molar-refractivity contribution in [3.63, 3.8) is 0 Å². The van der Waals surface area contributed by atoms with Crippen LogP contribution >= 0.6 is 23.2 Å². The summed E-state index contributed by atoms with van der Waals surface area (Å²) in [6.45, 7) is 2.86. The largest absolute Gasteiger partial charge is 0.382 e. The van der Waals surface area contributed by atoms with Crippen LogP contribution in [0.3, 0.4) is 0 Å². The Balaban J connectivity index is 1.94. The number of benzene rings is 1. The van der Waals surface area contributed by atoms with Crippen molar-refractivity contribution in [1.82, 2.24) is 9.55 Å². The van der Waals surface area contributed by atoms with Gasteiger partial charge in [-0.05, 0) is 25.0 Å². The second-order valence-electron chi connectivity index (χ2n) is 4.73. The van der Waals surface area contributed by atoms with Gasteiger partial charge in [0.2, 0.25) is 0 Å². The van der Waals surface area contributed by atoms with Crippen molar-refractivity contribution in [2.75, 3.05) is 26.9 Å². The second kappa shape index (κ2) is 8.59. The van der Waals surface area contributed by atoms with Gasteiger partial charge in [-0.25, -0.2) is 4.98 Å². The number of aryl methyl sites for hydroxylation is 1. The molecule has 0 unspecified atom stereocenters. The van der Waals surface area contributed by atoms with E-state index in [1.807, 2.05) is 18.2 Å². The van der Waals surface area contributed by atoms with E-state index in [2.05, 4.69) is 9.55 Å². The predicted octanol–water partition coefficient (Wildman–Crippen LogP) is 3.87. The molecule has 0 fully saturated rings. The lowest BCUT2D eigenvalue weighted by molar-refractivity contribution is 0.0684. The number of para-hydroxylation sites is 1. The average molecular weight is 331 g/mol. The fourth-order valence-electron chi connectivity index (χ4n) is 2.25. The molecule has 0 spiro atoms. The summed E-state index contributed by atoms with van der Waals surface area (Å²) < 4.78 is 12.5. The van der Waals surface area contributed by atoms with E-state index in [0.717, 1.165) is 42.9 Å². The van der Waals surface area contributed by atoms with Gasteiger partial charge in [0.15, 0.2) is 0 Å². The molecule has 116 valence electrons. The number of unbranched alkanes of at least 4 members (excludes halogenated alkanes) is 1. The minimum atomic E-state index is 0.384. The Bertz CT molecular complexity index is 572. The van der Waals surface area contributed by atoms with Crippen LogP contribution in [0.15, 0.2) is 18.2 Å². The van der Waals surface area contributed by atoms with Gasteiger partial charge in [-0.2, -0.15) is 0 Å². The molecular formula is C15H20Cl2N2O2. The highest BCUT2D eigenvalue weighted by Crippen LogP contribution is 2.25. The van der Waals surface area contributed by atoms with Crippen molar-refractivity contribution in [3.05, 3.63) is 29.0 Å². The molecule has 0 aliphatic carbocycles. The minimum absolute atomic E-state index is 0.384. The molecular weight excluding hydrogens is 311 g/mol. The van der Waals surface area contributed by atoms with Crippen LogP contribution in [0.1, 0.15) is 18.7 Å². The van der Waals surface area contributed by atoms with Crippen molar-refractivity contribution >= 4 is 34.2 Å². The minimum Gasteiger partial charge on any atom is -0.382 e. The molecule has 0 amide bonds. The van der Waals surface area contributed by atoms with Gasteiger partial charge < -0.3 is 14.0 Å². The molecule has 6 heteroatoms. The van der Waals surface area contributed by atoms with Crippen molar-refractivity contribution in [2.45, 2.75) is 25.3 Å². The lowest BCUT2D eigenvalue weighted by Crippen LogP contribution is -2.06. The molecule has 1 aromatic carbocycles. The van der Waals surface area contributed by atoms with E-state index in [0.29, 0.717) is 24.1 Å². The third kappa shape index (κ3) is 4.33. The Labute approximate surface area is 135 Å². The van der Waals surface area contributed by atoms with Crippen LogP contribution in [-0.2, 0) is 21.9 Å². The van der Waals surface area contributed by atoms with Crippen LogP contribution in [0.25, 0.3) is 11.0 Å².